The van der Waals surface area contributed by atoms with Crippen LogP contribution in [-0.4, -0.2) is 79.7 Å². The first kappa shape index (κ1) is 26.0. The number of hydrogen-bond donors (Lipinski definition) is 3. The lowest BCUT2D eigenvalue weighted by Crippen LogP contribution is -2.63. The summed E-state index contributed by atoms with van der Waals surface area (Å²) in [6.07, 6.45) is 4.59. The van der Waals surface area contributed by atoms with E-state index >= 15 is 0 Å². The Morgan fingerprint density at radius 1 is 1.14 bits per heavy atom. The number of benzene rings is 1. The largest absolute Gasteiger partial charge is 0.497 e. The third kappa shape index (κ3) is 5.34. The number of ether oxygens (including phenoxy) is 2. The van der Waals surface area contributed by atoms with Crippen LogP contribution in [0, 0.1) is 0 Å². The van der Waals surface area contributed by atoms with Crippen molar-refractivity contribution >= 4 is 17.9 Å². The third-order valence-corrected chi connectivity index (χ3v) is 7.56. The smallest absolute Gasteiger partial charge is 0.338 e. The molecule has 1 atom stereocenters. The van der Waals surface area contributed by atoms with Crippen molar-refractivity contribution in [3.63, 3.8) is 0 Å². The number of nitrogens with one attached hydrogen (secondary N) is 2. The molecule has 4 rings (SSSR count). The van der Waals surface area contributed by atoms with Gasteiger partial charge in [-0.1, -0.05) is 18.6 Å². The van der Waals surface area contributed by atoms with Gasteiger partial charge < -0.3 is 25.8 Å². The summed E-state index contributed by atoms with van der Waals surface area (Å²) >= 11 is 0. The standard InChI is InChI=1S/C26H37N5O5/c1-3-36-23(32)21-20(28-25(34)29-22(21)18-8-7-9-19(16-18)35-2)17-30-14-10-26(11-15-30,24(27)33)31-12-5-4-6-13-31/h7-9,16,22H,3-6,10-15,17H2,1-2H3,(H2,27,33)(H2,28,29,34). The Bertz CT molecular complexity index is 1010. The Morgan fingerprint density at radius 3 is 2.50 bits per heavy atom. The van der Waals surface area contributed by atoms with Crippen molar-refractivity contribution in [1.82, 2.24) is 20.4 Å². The van der Waals surface area contributed by atoms with Crippen molar-refractivity contribution in [2.45, 2.75) is 50.6 Å². The van der Waals surface area contributed by atoms with Gasteiger partial charge >= 0.3 is 12.0 Å². The number of esters is 1. The highest BCUT2D eigenvalue weighted by Crippen LogP contribution is 2.34. The topological polar surface area (TPSA) is 126 Å². The van der Waals surface area contributed by atoms with Crippen LogP contribution >= 0.6 is 0 Å². The van der Waals surface area contributed by atoms with Crippen LogP contribution < -0.4 is 21.1 Å². The Morgan fingerprint density at radius 2 is 1.86 bits per heavy atom. The summed E-state index contributed by atoms with van der Waals surface area (Å²) in [6, 6.07) is 6.21. The molecule has 196 valence electrons. The third-order valence-electron chi connectivity index (χ3n) is 7.56. The second-order valence-corrected chi connectivity index (χ2v) is 9.64. The van der Waals surface area contributed by atoms with Crippen LogP contribution in [0.5, 0.6) is 5.75 Å². The Balaban J connectivity index is 1.58. The molecule has 1 unspecified atom stereocenters. The van der Waals surface area contributed by atoms with Gasteiger partial charge in [0.2, 0.25) is 5.91 Å². The van der Waals surface area contributed by atoms with Crippen LogP contribution in [-0.2, 0) is 14.3 Å². The highest BCUT2D eigenvalue weighted by molar-refractivity contribution is 5.95. The van der Waals surface area contributed by atoms with Gasteiger partial charge in [-0.25, -0.2) is 9.59 Å². The van der Waals surface area contributed by atoms with Crippen molar-refractivity contribution in [3.05, 3.63) is 41.1 Å². The summed E-state index contributed by atoms with van der Waals surface area (Å²) in [5, 5.41) is 5.70. The number of hydrogen-bond acceptors (Lipinski definition) is 7. The lowest BCUT2D eigenvalue weighted by atomic mass is 9.83. The van der Waals surface area contributed by atoms with Crippen molar-refractivity contribution < 1.29 is 23.9 Å². The first-order chi connectivity index (χ1) is 17.4. The monoisotopic (exact) mass is 499 g/mol. The minimum absolute atomic E-state index is 0.217. The van der Waals surface area contributed by atoms with E-state index in [-0.39, 0.29) is 18.5 Å². The maximum absolute atomic E-state index is 13.1. The van der Waals surface area contributed by atoms with Gasteiger partial charge in [-0.2, -0.15) is 0 Å². The van der Waals surface area contributed by atoms with Gasteiger partial charge in [0, 0.05) is 25.3 Å². The van der Waals surface area contributed by atoms with Gasteiger partial charge in [-0.3, -0.25) is 14.6 Å². The summed E-state index contributed by atoms with van der Waals surface area (Å²) in [5.74, 6) is -0.116. The fourth-order valence-corrected chi connectivity index (χ4v) is 5.61. The molecule has 0 spiro atoms. The van der Waals surface area contributed by atoms with E-state index in [1.807, 2.05) is 18.2 Å². The molecule has 3 aliphatic rings. The van der Waals surface area contributed by atoms with Crippen LogP contribution in [0.4, 0.5) is 4.79 Å². The van der Waals surface area contributed by atoms with Gasteiger partial charge in [-0.15, -0.1) is 0 Å². The van der Waals surface area contributed by atoms with E-state index in [4.69, 9.17) is 15.2 Å². The first-order valence-corrected chi connectivity index (χ1v) is 12.8. The molecule has 3 heterocycles. The number of methoxy groups -OCH3 is 1. The minimum atomic E-state index is -0.675. The normalized spacial score (nSPS) is 22.9. The number of primary amides is 1. The molecule has 0 bridgehead atoms. The number of rotatable bonds is 8. The van der Waals surface area contributed by atoms with Gasteiger partial charge in [0.1, 0.15) is 11.3 Å². The molecule has 1 aromatic rings. The Hall–Kier alpha value is -3.11. The van der Waals surface area contributed by atoms with Crippen molar-refractivity contribution in [1.29, 1.82) is 0 Å². The Labute approximate surface area is 212 Å². The molecule has 1 aromatic carbocycles. The highest BCUT2D eigenvalue weighted by Gasteiger charge is 2.45. The molecule has 36 heavy (non-hydrogen) atoms. The number of nitrogens with zero attached hydrogens (tertiary/aromatic N) is 2. The Kier molecular flexibility index (Phi) is 8.15. The zero-order valence-corrected chi connectivity index (χ0v) is 21.2. The summed E-state index contributed by atoms with van der Waals surface area (Å²) < 4.78 is 10.7. The molecular weight excluding hydrogens is 462 g/mol. The summed E-state index contributed by atoms with van der Waals surface area (Å²) in [6.45, 7) is 5.38. The average molecular weight is 500 g/mol. The fraction of sp³-hybridized carbons (Fsp3) is 0.577. The molecule has 3 amide bonds. The van der Waals surface area contributed by atoms with Crippen LogP contribution in [0.2, 0.25) is 0 Å². The summed E-state index contributed by atoms with van der Waals surface area (Å²) in [5.41, 5.74) is 6.91. The van der Waals surface area contributed by atoms with E-state index in [0.29, 0.717) is 49.5 Å². The molecule has 0 saturated carbocycles. The lowest BCUT2D eigenvalue weighted by Gasteiger charge is -2.48. The van der Waals surface area contributed by atoms with E-state index in [2.05, 4.69) is 20.4 Å². The quantitative estimate of drug-likeness (QED) is 0.465. The predicted octanol–water partition coefficient (Wildman–Crippen LogP) is 1.67. The first-order valence-electron chi connectivity index (χ1n) is 12.8. The van der Waals surface area contributed by atoms with Crippen molar-refractivity contribution in [2.24, 2.45) is 5.73 Å². The highest BCUT2D eigenvalue weighted by atomic mass is 16.5. The molecule has 2 fully saturated rings. The molecule has 10 heteroatoms. The maximum Gasteiger partial charge on any atom is 0.338 e. The van der Waals surface area contributed by atoms with E-state index < -0.39 is 17.6 Å². The van der Waals surface area contributed by atoms with Gasteiger partial charge in [0.15, 0.2) is 0 Å². The molecule has 2 saturated heterocycles. The van der Waals surface area contributed by atoms with Crippen LogP contribution in [0.25, 0.3) is 0 Å². The second kappa shape index (κ2) is 11.3. The van der Waals surface area contributed by atoms with Crippen molar-refractivity contribution in [3.8, 4) is 5.75 Å². The molecular formula is C26H37N5O5. The van der Waals surface area contributed by atoms with Crippen LogP contribution in [0.1, 0.15) is 50.6 Å². The zero-order valence-electron chi connectivity index (χ0n) is 21.2. The minimum Gasteiger partial charge on any atom is -0.497 e. The number of urea groups is 1. The molecule has 0 aromatic heterocycles. The number of nitrogens with two attached hydrogens (primary N) is 1. The van der Waals surface area contributed by atoms with Crippen LogP contribution in [0.15, 0.2) is 35.5 Å². The zero-order chi connectivity index (χ0) is 25.7. The van der Waals surface area contributed by atoms with E-state index in [1.165, 1.54) is 6.42 Å². The number of likely N-dealkylation sites (tertiary alicyclic amines) is 2. The molecule has 3 aliphatic heterocycles. The predicted molar refractivity (Wildman–Crippen MR) is 134 cm³/mol. The molecule has 4 N–H and O–H groups in total. The van der Waals surface area contributed by atoms with Gasteiger partial charge in [0.25, 0.3) is 0 Å². The average Bonchev–Trinajstić information content (AvgIpc) is 2.89. The van der Waals surface area contributed by atoms with Gasteiger partial charge in [0.05, 0.1) is 25.3 Å². The SMILES string of the molecule is CCOC(=O)C1=C(CN2CCC(C(N)=O)(N3CCCCC3)CC2)NC(=O)NC1c1cccc(OC)c1. The molecule has 10 nitrogen and oxygen atoms in total. The number of carbonyl (C=O) groups excluding carboxylic acids is 3. The lowest BCUT2D eigenvalue weighted by molar-refractivity contribution is -0.139. The second-order valence-electron chi connectivity index (χ2n) is 9.64. The van der Waals surface area contributed by atoms with Gasteiger partial charge in [-0.05, 0) is 63.4 Å². The number of carbonyl (C=O) groups is 3. The van der Waals surface area contributed by atoms with E-state index in [9.17, 15) is 14.4 Å². The maximum atomic E-state index is 13.1. The van der Waals surface area contributed by atoms with Crippen LogP contribution in [0.3, 0.4) is 0 Å². The number of amides is 3. The van der Waals surface area contributed by atoms with Crippen molar-refractivity contribution in [2.75, 3.05) is 46.4 Å². The van der Waals surface area contributed by atoms with E-state index in [0.717, 1.165) is 31.5 Å². The fourth-order valence-electron chi connectivity index (χ4n) is 5.61. The summed E-state index contributed by atoms with van der Waals surface area (Å²) in [4.78, 5) is 42.8. The molecule has 0 radical (unpaired) electrons. The molecule has 0 aliphatic carbocycles. The number of piperidine rings is 2. The summed E-state index contributed by atoms with van der Waals surface area (Å²) in [7, 11) is 1.57. The van der Waals surface area contributed by atoms with E-state index in [1.54, 1.807) is 20.1 Å².